The Bertz CT molecular complexity index is 823. The standard InChI is InChI=1S/C25H34O5/c1-15(26)29-14-23(28)22-8-7-20-19-6-5-17-13-18(30-16(2)27)9-11-24(17,3)21(19)10-12-25(20,22)4/h5,8,18-21H,6-7,9-14H2,1-4H3/t18-,19+,20-,21+,24-,25-/m0/s1. The van der Waals surface area contributed by atoms with Crippen LogP contribution in [0.4, 0.5) is 0 Å². The second-order valence-electron chi connectivity index (χ2n) is 10.2. The first-order valence-corrected chi connectivity index (χ1v) is 11.4. The van der Waals surface area contributed by atoms with Crippen LogP contribution in [0.3, 0.4) is 0 Å². The lowest BCUT2D eigenvalue weighted by atomic mass is 9.47. The first kappa shape index (κ1) is 21.3. The van der Waals surface area contributed by atoms with Crippen molar-refractivity contribution in [1.82, 2.24) is 0 Å². The summed E-state index contributed by atoms with van der Waals surface area (Å²) in [7, 11) is 0. The molecule has 0 aromatic carbocycles. The topological polar surface area (TPSA) is 69.7 Å². The number of ether oxygens (including phenoxy) is 2. The molecule has 0 spiro atoms. The van der Waals surface area contributed by atoms with Crippen LogP contribution in [0.2, 0.25) is 0 Å². The minimum Gasteiger partial charge on any atom is -0.462 e. The molecule has 4 aliphatic carbocycles. The van der Waals surface area contributed by atoms with Gasteiger partial charge in [-0.3, -0.25) is 14.4 Å². The molecule has 0 bridgehead atoms. The molecular formula is C25H34O5. The molecule has 0 N–H and O–H groups in total. The van der Waals surface area contributed by atoms with E-state index in [4.69, 9.17) is 9.47 Å². The predicted octanol–water partition coefficient (Wildman–Crippen LogP) is 4.55. The van der Waals surface area contributed by atoms with E-state index in [1.165, 1.54) is 19.4 Å². The lowest BCUT2D eigenvalue weighted by Gasteiger charge is -2.57. The molecule has 2 saturated carbocycles. The molecule has 0 saturated heterocycles. The molecule has 5 nitrogen and oxygen atoms in total. The van der Waals surface area contributed by atoms with E-state index < -0.39 is 5.97 Å². The summed E-state index contributed by atoms with van der Waals surface area (Å²) in [6.45, 7) is 7.36. The highest BCUT2D eigenvalue weighted by molar-refractivity contribution is 5.99. The lowest BCUT2D eigenvalue weighted by molar-refractivity contribution is -0.148. The van der Waals surface area contributed by atoms with Gasteiger partial charge in [-0.1, -0.05) is 31.6 Å². The summed E-state index contributed by atoms with van der Waals surface area (Å²) in [6, 6.07) is 0. The summed E-state index contributed by atoms with van der Waals surface area (Å²) in [5.41, 5.74) is 2.41. The van der Waals surface area contributed by atoms with Gasteiger partial charge in [0.1, 0.15) is 6.10 Å². The van der Waals surface area contributed by atoms with Crippen molar-refractivity contribution in [1.29, 1.82) is 0 Å². The van der Waals surface area contributed by atoms with E-state index in [9.17, 15) is 14.4 Å². The Kier molecular flexibility index (Phi) is 5.44. The molecule has 0 aromatic heterocycles. The van der Waals surface area contributed by atoms with Gasteiger partial charge in [0.25, 0.3) is 0 Å². The van der Waals surface area contributed by atoms with E-state index in [0.29, 0.717) is 17.8 Å². The Hall–Kier alpha value is -1.91. The van der Waals surface area contributed by atoms with Gasteiger partial charge in [0, 0.05) is 25.8 Å². The zero-order chi connectivity index (χ0) is 21.7. The van der Waals surface area contributed by atoms with E-state index in [0.717, 1.165) is 50.5 Å². The van der Waals surface area contributed by atoms with Crippen molar-refractivity contribution in [3.63, 3.8) is 0 Å². The molecule has 2 fully saturated rings. The van der Waals surface area contributed by atoms with Gasteiger partial charge in [-0.25, -0.2) is 0 Å². The van der Waals surface area contributed by atoms with E-state index in [1.807, 2.05) is 0 Å². The highest BCUT2D eigenvalue weighted by Gasteiger charge is 2.57. The largest absolute Gasteiger partial charge is 0.462 e. The smallest absolute Gasteiger partial charge is 0.303 e. The maximum absolute atomic E-state index is 12.8. The van der Waals surface area contributed by atoms with Crippen LogP contribution in [-0.4, -0.2) is 30.4 Å². The molecule has 0 aliphatic heterocycles. The average molecular weight is 415 g/mol. The SMILES string of the molecule is CC(=O)OCC(=O)C1=CC[C@H]2[C@H]3CC=C4C[C@@H](OC(C)=O)CC[C@]4(C)[C@@H]3CC[C@]12C. The Morgan fingerprint density at radius 1 is 0.967 bits per heavy atom. The zero-order valence-electron chi connectivity index (χ0n) is 18.7. The minimum absolute atomic E-state index is 0.0193. The van der Waals surface area contributed by atoms with Gasteiger partial charge in [-0.2, -0.15) is 0 Å². The average Bonchev–Trinajstić information content (AvgIpc) is 3.03. The fourth-order valence-corrected chi connectivity index (χ4v) is 7.21. The monoisotopic (exact) mass is 414 g/mol. The quantitative estimate of drug-likeness (QED) is 0.499. The maximum Gasteiger partial charge on any atom is 0.303 e. The number of allylic oxidation sites excluding steroid dienone is 2. The van der Waals surface area contributed by atoms with Crippen molar-refractivity contribution in [3.05, 3.63) is 23.3 Å². The van der Waals surface area contributed by atoms with E-state index in [1.54, 1.807) is 0 Å². The van der Waals surface area contributed by atoms with Gasteiger partial charge in [0.2, 0.25) is 0 Å². The van der Waals surface area contributed by atoms with Crippen LogP contribution >= 0.6 is 0 Å². The summed E-state index contributed by atoms with van der Waals surface area (Å²) in [4.78, 5) is 35.3. The number of hydrogen-bond acceptors (Lipinski definition) is 5. The maximum atomic E-state index is 12.8. The molecule has 0 unspecified atom stereocenters. The van der Waals surface area contributed by atoms with Crippen molar-refractivity contribution in [2.24, 2.45) is 28.6 Å². The third kappa shape index (κ3) is 3.44. The number of carbonyl (C=O) groups excluding carboxylic acids is 3. The Balaban J connectivity index is 1.52. The van der Waals surface area contributed by atoms with Crippen molar-refractivity contribution in [2.75, 3.05) is 6.61 Å². The van der Waals surface area contributed by atoms with E-state index in [-0.39, 0.29) is 35.3 Å². The summed E-state index contributed by atoms with van der Waals surface area (Å²) in [5, 5.41) is 0. The molecule has 0 radical (unpaired) electrons. The first-order chi connectivity index (χ1) is 14.1. The van der Waals surface area contributed by atoms with Crippen LogP contribution in [0.1, 0.15) is 72.6 Å². The third-order valence-electron chi connectivity index (χ3n) is 8.68. The molecule has 6 atom stereocenters. The minimum atomic E-state index is -0.408. The number of Topliss-reactive ketones (excluding diaryl/α,β-unsaturated/α-hetero) is 1. The molecule has 164 valence electrons. The van der Waals surface area contributed by atoms with E-state index in [2.05, 4.69) is 26.0 Å². The van der Waals surface area contributed by atoms with Gasteiger partial charge in [0.15, 0.2) is 12.4 Å². The molecule has 0 amide bonds. The number of esters is 2. The van der Waals surface area contributed by atoms with Crippen LogP contribution in [0, 0.1) is 28.6 Å². The molecule has 5 heteroatoms. The van der Waals surface area contributed by atoms with Crippen molar-refractivity contribution >= 4 is 17.7 Å². The normalized spacial score (nSPS) is 39.6. The third-order valence-corrected chi connectivity index (χ3v) is 8.68. The molecule has 4 rings (SSSR count). The highest BCUT2D eigenvalue weighted by Crippen LogP contribution is 2.65. The number of carbonyl (C=O) groups is 3. The van der Waals surface area contributed by atoms with Crippen LogP contribution in [0.15, 0.2) is 23.3 Å². The van der Waals surface area contributed by atoms with Gasteiger partial charge in [0.05, 0.1) is 0 Å². The summed E-state index contributed by atoms with van der Waals surface area (Å²) >= 11 is 0. The molecule has 4 aliphatic rings. The number of ketones is 1. The van der Waals surface area contributed by atoms with Crippen LogP contribution in [-0.2, 0) is 23.9 Å². The Labute approximate surface area is 179 Å². The van der Waals surface area contributed by atoms with Crippen LogP contribution in [0.5, 0.6) is 0 Å². The Morgan fingerprint density at radius 3 is 2.40 bits per heavy atom. The summed E-state index contributed by atoms with van der Waals surface area (Å²) < 4.78 is 10.5. The lowest BCUT2D eigenvalue weighted by Crippen LogP contribution is -2.50. The van der Waals surface area contributed by atoms with Crippen LogP contribution < -0.4 is 0 Å². The predicted molar refractivity (Wildman–Crippen MR) is 112 cm³/mol. The summed E-state index contributed by atoms with van der Waals surface area (Å²) in [6.07, 6.45) is 11.5. The second-order valence-corrected chi connectivity index (χ2v) is 10.2. The number of fused-ring (bicyclic) bond motifs is 5. The van der Waals surface area contributed by atoms with Crippen LogP contribution in [0.25, 0.3) is 0 Å². The van der Waals surface area contributed by atoms with Gasteiger partial charge in [-0.05, 0) is 67.1 Å². The number of rotatable bonds is 4. The highest BCUT2D eigenvalue weighted by atomic mass is 16.5. The molecular weight excluding hydrogens is 380 g/mol. The van der Waals surface area contributed by atoms with Gasteiger partial charge in [-0.15, -0.1) is 0 Å². The molecule has 0 heterocycles. The Morgan fingerprint density at radius 2 is 1.70 bits per heavy atom. The molecule has 0 aromatic rings. The van der Waals surface area contributed by atoms with Crippen molar-refractivity contribution in [3.8, 4) is 0 Å². The zero-order valence-corrected chi connectivity index (χ0v) is 18.7. The first-order valence-electron chi connectivity index (χ1n) is 11.4. The van der Waals surface area contributed by atoms with Gasteiger partial charge >= 0.3 is 11.9 Å². The molecule has 30 heavy (non-hydrogen) atoms. The van der Waals surface area contributed by atoms with Crippen molar-refractivity contribution < 1.29 is 23.9 Å². The second kappa shape index (κ2) is 7.65. The fraction of sp³-hybridized carbons (Fsp3) is 0.720. The summed E-state index contributed by atoms with van der Waals surface area (Å²) in [5.74, 6) is 1.02. The van der Waals surface area contributed by atoms with Crippen molar-refractivity contribution in [2.45, 2.75) is 78.7 Å². The number of hydrogen-bond donors (Lipinski definition) is 0. The van der Waals surface area contributed by atoms with Gasteiger partial charge < -0.3 is 9.47 Å². The fourth-order valence-electron chi connectivity index (χ4n) is 7.21. The van der Waals surface area contributed by atoms with E-state index >= 15 is 0 Å².